The fourth-order valence-corrected chi connectivity index (χ4v) is 4.23. The summed E-state index contributed by atoms with van der Waals surface area (Å²) >= 11 is 0. The maximum Gasteiger partial charge on any atom is 0.334 e. The Morgan fingerprint density at radius 3 is 2.77 bits per heavy atom. The summed E-state index contributed by atoms with van der Waals surface area (Å²) in [6, 6.07) is 0. The third-order valence-electron chi connectivity index (χ3n) is 5.91. The Labute approximate surface area is 152 Å². The molecule has 0 aromatic heterocycles. The Kier molecular flexibility index (Phi) is 4.67. The van der Waals surface area contributed by atoms with E-state index in [4.69, 9.17) is 14.4 Å². The third-order valence-corrected chi connectivity index (χ3v) is 5.91. The molecule has 0 unspecified atom stereocenters. The molecule has 140 valence electrons. The van der Waals surface area contributed by atoms with Crippen LogP contribution in [-0.2, 0) is 24.0 Å². The highest BCUT2D eigenvalue weighted by Crippen LogP contribution is 2.53. The van der Waals surface area contributed by atoms with Crippen molar-refractivity contribution in [1.29, 1.82) is 0 Å². The van der Waals surface area contributed by atoms with E-state index >= 15 is 0 Å². The van der Waals surface area contributed by atoms with Crippen LogP contribution in [0.25, 0.3) is 0 Å². The molecular weight excluding hydrogens is 336 g/mol. The van der Waals surface area contributed by atoms with Crippen LogP contribution in [0.5, 0.6) is 0 Å². The number of esters is 2. The summed E-state index contributed by atoms with van der Waals surface area (Å²) in [5, 5.41) is 9.76. The number of rotatable bonds is 3. The Hall–Kier alpha value is -2.18. The highest BCUT2D eigenvalue weighted by Gasteiger charge is 2.60. The molecule has 3 rings (SSSR count). The van der Waals surface area contributed by atoms with Crippen LogP contribution in [0.1, 0.15) is 34.1 Å². The average Bonchev–Trinajstić information content (AvgIpc) is 3.07. The van der Waals surface area contributed by atoms with E-state index in [0.29, 0.717) is 12.0 Å². The second kappa shape index (κ2) is 6.52. The molecule has 2 aliphatic carbocycles. The SMILES string of the molecule is C=C1C(=O)O[C@H]2[C@H]1[C@H](OC(=O)/C(C)=C/C)C=C(C)[C@]1(OO)CC=C(C)[C@H]21. The van der Waals surface area contributed by atoms with E-state index in [-0.39, 0.29) is 11.5 Å². The van der Waals surface area contributed by atoms with Gasteiger partial charge in [-0.1, -0.05) is 24.3 Å². The largest absolute Gasteiger partial charge is 0.457 e. The lowest BCUT2D eigenvalue weighted by atomic mass is 9.76. The van der Waals surface area contributed by atoms with E-state index in [1.54, 1.807) is 26.0 Å². The normalized spacial score (nSPS) is 36.6. The molecule has 0 spiro atoms. The van der Waals surface area contributed by atoms with Crippen molar-refractivity contribution in [3.05, 3.63) is 47.1 Å². The average molecular weight is 360 g/mol. The summed E-state index contributed by atoms with van der Waals surface area (Å²) in [5.41, 5.74) is 1.39. The maximum absolute atomic E-state index is 12.3. The van der Waals surface area contributed by atoms with Gasteiger partial charge in [-0.15, -0.1) is 0 Å². The molecule has 1 N–H and O–H groups in total. The van der Waals surface area contributed by atoms with Gasteiger partial charge < -0.3 is 9.47 Å². The smallest absolute Gasteiger partial charge is 0.334 e. The molecule has 1 saturated heterocycles. The van der Waals surface area contributed by atoms with Gasteiger partial charge in [0.1, 0.15) is 17.8 Å². The standard InChI is InChI=1S/C20H24O6/c1-6-10(2)18(21)24-14-9-12(4)20(26-23)8-7-11(3)16(20)17-15(14)13(5)19(22)25-17/h6-7,9,14-17,23H,5,8H2,1-4H3/b10-6+/t14-,15-,16-,17+,20-/m1/s1. The molecular formula is C20H24O6. The Morgan fingerprint density at radius 2 is 2.15 bits per heavy atom. The fraction of sp³-hybridized carbons (Fsp3) is 0.500. The first kappa shape index (κ1) is 18.6. The second-order valence-electron chi connectivity index (χ2n) is 7.22. The zero-order chi connectivity index (χ0) is 19.2. The summed E-state index contributed by atoms with van der Waals surface area (Å²) in [5.74, 6) is -1.88. The quantitative estimate of drug-likeness (QED) is 0.274. The van der Waals surface area contributed by atoms with E-state index in [1.807, 2.05) is 19.9 Å². The summed E-state index contributed by atoms with van der Waals surface area (Å²) in [7, 11) is 0. The van der Waals surface area contributed by atoms with Gasteiger partial charge in [0.05, 0.1) is 11.8 Å². The summed E-state index contributed by atoms with van der Waals surface area (Å²) < 4.78 is 11.3. The van der Waals surface area contributed by atoms with Crippen LogP contribution in [0, 0.1) is 11.8 Å². The van der Waals surface area contributed by atoms with Gasteiger partial charge in [0.25, 0.3) is 0 Å². The van der Waals surface area contributed by atoms with Crippen molar-refractivity contribution >= 4 is 11.9 Å². The zero-order valence-electron chi connectivity index (χ0n) is 15.4. The summed E-state index contributed by atoms with van der Waals surface area (Å²) in [6.45, 7) is 11.0. The lowest BCUT2D eigenvalue weighted by Crippen LogP contribution is -2.46. The van der Waals surface area contributed by atoms with Crippen LogP contribution < -0.4 is 0 Å². The fourth-order valence-electron chi connectivity index (χ4n) is 4.23. The first-order valence-corrected chi connectivity index (χ1v) is 8.68. The molecule has 1 aliphatic heterocycles. The maximum atomic E-state index is 12.3. The van der Waals surface area contributed by atoms with Crippen molar-refractivity contribution in [3.63, 3.8) is 0 Å². The van der Waals surface area contributed by atoms with Crippen molar-refractivity contribution in [2.75, 3.05) is 0 Å². The Bertz CT molecular complexity index is 758. The number of fused-ring (bicyclic) bond motifs is 3. The van der Waals surface area contributed by atoms with Gasteiger partial charge in [0.15, 0.2) is 0 Å². The van der Waals surface area contributed by atoms with E-state index in [9.17, 15) is 14.8 Å². The molecule has 0 radical (unpaired) electrons. The minimum absolute atomic E-state index is 0.267. The van der Waals surface area contributed by atoms with E-state index in [2.05, 4.69) is 6.58 Å². The molecule has 6 nitrogen and oxygen atoms in total. The van der Waals surface area contributed by atoms with Gasteiger partial charge in [-0.2, -0.15) is 0 Å². The number of carbonyl (C=O) groups is 2. The van der Waals surface area contributed by atoms with Gasteiger partial charge >= 0.3 is 11.9 Å². The van der Waals surface area contributed by atoms with Crippen LogP contribution in [0.2, 0.25) is 0 Å². The molecule has 5 atom stereocenters. The first-order chi connectivity index (χ1) is 12.3. The molecule has 0 amide bonds. The van der Waals surface area contributed by atoms with Crippen LogP contribution in [-0.4, -0.2) is 35.0 Å². The Morgan fingerprint density at radius 1 is 1.46 bits per heavy atom. The van der Waals surface area contributed by atoms with E-state index in [0.717, 1.165) is 11.1 Å². The molecule has 1 heterocycles. The minimum Gasteiger partial charge on any atom is -0.457 e. The molecule has 0 saturated carbocycles. The highest BCUT2D eigenvalue weighted by atomic mass is 17.1. The van der Waals surface area contributed by atoms with Crippen molar-refractivity contribution in [2.24, 2.45) is 11.8 Å². The first-order valence-electron chi connectivity index (χ1n) is 8.68. The lowest BCUT2D eigenvalue weighted by molar-refractivity contribution is -0.323. The zero-order valence-corrected chi connectivity index (χ0v) is 15.4. The number of hydrogen-bond donors (Lipinski definition) is 1. The predicted molar refractivity (Wildman–Crippen MR) is 93.9 cm³/mol. The monoisotopic (exact) mass is 360 g/mol. The molecule has 6 heteroatoms. The van der Waals surface area contributed by atoms with Crippen LogP contribution in [0.15, 0.2) is 47.1 Å². The van der Waals surface area contributed by atoms with E-state index < -0.39 is 35.7 Å². The lowest BCUT2D eigenvalue weighted by Gasteiger charge is -2.36. The topological polar surface area (TPSA) is 82.1 Å². The second-order valence-corrected chi connectivity index (χ2v) is 7.22. The molecule has 26 heavy (non-hydrogen) atoms. The minimum atomic E-state index is -1.03. The van der Waals surface area contributed by atoms with Crippen molar-refractivity contribution in [1.82, 2.24) is 0 Å². The molecule has 0 bridgehead atoms. The number of allylic oxidation sites excluding steroid dienone is 1. The molecule has 0 aromatic carbocycles. The van der Waals surface area contributed by atoms with Gasteiger partial charge in [-0.05, 0) is 39.3 Å². The highest BCUT2D eigenvalue weighted by molar-refractivity contribution is 5.92. The summed E-state index contributed by atoms with van der Waals surface area (Å²) in [6.07, 6.45) is 4.47. The number of hydrogen-bond acceptors (Lipinski definition) is 6. The van der Waals surface area contributed by atoms with Crippen LogP contribution in [0.3, 0.4) is 0 Å². The van der Waals surface area contributed by atoms with Gasteiger partial charge in [0, 0.05) is 17.6 Å². The predicted octanol–water partition coefficient (Wildman–Crippen LogP) is 3.12. The molecule has 1 fully saturated rings. The number of ether oxygens (including phenoxy) is 2. The number of carbonyl (C=O) groups excluding carboxylic acids is 2. The van der Waals surface area contributed by atoms with Gasteiger partial charge in [0.2, 0.25) is 0 Å². The van der Waals surface area contributed by atoms with Crippen LogP contribution >= 0.6 is 0 Å². The molecule has 3 aliphatic rings. The van der Waals surface area contributed by atoms with Crippen molar-refractivity contribution in [3.8, 4) is 0 Å². The van der Waals surface area contributed by atoms with Gasteiger partial charge in [-0.3, -0.25) is 5.26 Å². The third kappa shape index (κ3) is 2.56. The summed E-state index contributed by atoms with van der Waals surface area (Å²) in [4.78, 5) is 29.5. The molecule has 0 aromatic rings. The van der Waals surface area contributed by atoms with Crippen LogP contribution in [0.4, 0.5) is 0 Å². The van der Waals surface area contributed by atoms with E-state index in [1.165, 1.54) is 0 Å². The van der Waals surface area contributed by atoms with Gasteiger partial charge in [-0.25, -0.2) is 14.5 Å². The van der Waals surface area contributed by atoms with Crippen molar-refractivity contribution in [2.45, 2.75) is 51.9 Å². The Balaban J connectivity index is 2.09. The van der Waals surface area contributed by atoms with Crippen molar-refractivity contribution < 1.29 is 29.2 Å².